The van der Waals surface area contributed by atoms with Crippen molar-refractivity contribution in [3.05, 3.63) is 42.6 Å². The third-order valence-corrected chi connectivity index (χ3v) is 3.54. The van der Waals surface area contributed by atoms with E-state index in [0.717, 1.165) is 25.3 Å². The summed E-state index contributed by atoms with van der Waals surface area (Å²) in [5, 5.41) is 3.35. The highest BCUT2D eigenvalue weighted by Gasteiger charge is 2.31. The zero-order valence-electron chi connectivity index (χ0n) is 11.4. The molecule has 1 saturated heterocycles. The lowest BCUT2D eigenvalue weighted by atomic mass is 10.0. The minimum absolute atomic E-state index is 0.198. The number of para-hydroxylation sites is 2. The van der Waals surface area contributed by atoms with Gasteiger partial charge in [-0.25, -0.2) is 4.98 Å². The van der Waals surface area contributed by atoms with Crippen molar-refractivity contribution in [2.45, 2.75) is 12.5 Å². The highest BCUT2D eigenvalue weighted by atomic mass is 16.5. The molecule has 0 saturated carbocycles. The van der Waals surface area contributed by atoms with E-state index in [1.165, 1.54) is 0 Å². The molecule has 1 aliphatic rings. The van der Waals surface area contributed by atoms with Gasteiger partial charge in [0.2, 0.25) is 5.89 Å². The molecule has 20 heavy (non-hydrogen) atoms. The Morgan fingerprint density at radius 3 is 2.85 bits per heavy atom. The standard InChI is InChI=1S/C15H18N2O3/c1-18-12-4-2-3-5-13(12)20-14(11-6-7-16-10-11)15-17-8-9-19-15/h2-5,8-9,11,14,16H,6-7,10H2,1H3/t11?,14-/m0/s1. The molecule has 1 N–H and O–H groups in total. The fourth-order valence-corrected chi connectivity index (χ4v) is 2.51. The van der Waals surface area contributed by atoms with Gasteiger partial charge >= 0.3 is 0 Å². The second kappa shape index (κ2) is 5.96. The molecular formula is C15H18N2O3. The van der Waals surface area contributed by atoms with Crippen molar-refractivity contribution < 1.29 is 13.9 Å². The van der Waals surface area contributed by atoms with Crippen molar-refractivity contribution in [1.82, 2.24) is 10.3 Å². The molecule has 1 fully saturated rings. The van der Waals surface area contributed by atoms with Crippen LogP contribution >= 0.6 is 0 Å². The zero-order valence-corrected chi connectivity index (χ0v) is 11.4. The van der Waals surface area contributed by atoms with Crippen LogP contribution in [-0.4, -0.2) is 25.2 Å². The van der Waals surface area contributed by atoms with Crippen LogP contribution in [0, 0.1) is 5.92 Å². The van der Waals surface area contributed by atoms with Crippen LogP contribution in [0.3, 0.4) is 0 Å². The predicted octanol–water partition coefficient (Wildman–Crippen LogP) is 2.41. The summed E-state index contributed by atoms with van der Waals surface area (Å²) < 4.78 is 16.9. The maximum Gasteiger partial charge on any atom is 0.235 e. The number of hydrogen-bond acceptors (Lipinski definition) is 5. The fourth-order valence-electron chi connectivity index (χ4n) is 2.51. The predicted molar refractivity (Wildman–Crippen MR) is 73.8 cm³/mol. The normalized spacial score (nSPS) is 19.8. The molecule has 2 heterocycles. The van der Waals surface area contributed by atoms with Crippen LogP contribution in [0.15, 0.2) is 41.1 Å². The summed E-state index contributed by atoms with van der Waals surface area (Å²) in [4.78, 5) is 4.25. The van der Waals surface area contributed by atoms with Crippen LogP contribution in [0.25, 0.3) is 0 Å². The van der Waals surface area contributed by atoms with Crippen LogP contribution in [-0.2, 0) is 0 Å². The summed E-state index contributed by atoms with van der Waals surface area (Å²) in [5.41, 5.74) is 0. The largest absolute Gasteiger partial charge is 0.493 e. The highest BCUT2D eigenvalue weighted by Crippen LogP contribution is 2.35. The van der Waals surface area contributed by atoms with Crippen LogP contribution in [0.5, 0.6) is 11.5 Å². The lowest BCUT2D eigenvalue weighted by Crippen LogP contribution is -2.21. The topological polar surface area (TPSA) is 56.5 Å². The molecule has 1 aliphatic heterocycles. The SMILES string of the molecule is COc1ccccc1O[C@H](c1ncco1)C1CCNC1. The lowest BCUT2D eigenvalue weighted by molar-refractivity contribution is 0.110. The number of nitrogens with zero attached hydrogens (tertiary/aromatic N) is 1. The molecule has 0 bridgehead atoms. The van der Waals surface area contributed by atoms with Gasteiger partial charge < -0.3 is 19.2 Å². The summed E-state index contributed by atoms with van der Waals surface area (Å²) >= 11 is 0. The van der Waals surface area contributed by atoms with E-state index in [4.69, 9.17) is 13.9 Å². The van der Waals surface area contributed by atoms with Crippen LogP contribution in [0.2, 0.25) is 0 Å². The first-order chi connectivity index (χ1) is 9.88. The summed E-state index contributed by atoms with van der Waals surface area (Å²) in [6.45, 7) is 1.90. The van der Waals surface area contributed by atoms with Crippen molar-refractivity contribution in [1.29, 1.82) is 0 Å². The summed E-state index contributed by atoms with van der Waals surface area (Å²) in [6, 6.07) is 7.63. The van der Waals surface area contributed by atoms with Gasteiger partial charge in [0.15, 0.2) is 17.6 Å². The molecule has 0 spiro atoms. The van der Waals surface area contributed by atoms with E-state index in [1.807, 2.05) is 24.3 Å². The smallest absolute Gasteiger partial charge is 0.235 e. The molecular weight excluding hydrogens is 256 g/mol. The Morgan fingerprint density at radius 1 is 1.35 bits per heavy atom. The van der Waals surface area contributed by atoms with E-state index in [1.54, 1.807) is 19.6 Å². The van der Waals surface area contributed by atoms with Crippen LogP contribution in [0.1, 0.15) is 18.4 Å². The molecule has 1 aromatic heterocycles. The van der Waals surface area contributed by atoms with Crippen molar-refractivity contribution in [3.63, 3.8) is 0 Å². The number of benzene rings is 1. The summed E-state index contributed by atoms with van der Waals surface area (Å²) in [7, 11) is 1.64. The van der Waals surface area contributed by atoms with Crippen molar-refractivity contribution >= 4 is 0 Å². The number of rotatable bonds is 5. The number of hydrogen-bond donors (Lipinski definition) is 1. The van der Waals surface area contributed by atoms with E-state index < -0.39 is 0 Å². The second-order valence-corrected chi connectivity index (χ2v) is 4.81. The molecule has 1 unspecified atom stereocenters. The van der Waals surface area contributed by atoms with Gasteiger partial charge in [-0.2, -0.15) is 0 Å². The summed E-state index contributed by atoms with van der Waals surface area (Å²) in [5.74, 6) is 2.39. The first kappa shape index (κ1) is 13.0. The van der Waals surface area contributed by atoms with Gasteiger partial charge in [-0.05, 0) is 25.1 Å². The molecule has 2 atom stereocenters. The first-order valence-electron chi connectivity index (χ1n) is 6.78. The first-order valence-corrected chi connectivity index (χ1v) is 6.78. The molecule has 2 aromatic rings. The molecule has 0 radical (unpaired) electrons. The lowest BCUT2D eigenvalue weighted by Gasteiger charge is -2.22. The van der Waals surface area contributed by atoms with Gasteiger partial charge in [0.1, 0.15) is 6.26 Å². The van der Waals surface area contributed by atoms with Gasteiger partial charge in [0.05, 0.1) is 13.3 Å². The maximum atomic E-state index is 6.14. The van der Waals surface area contributed by atoms with Gasteiger partial charge in [-0.15, -0.1) is 0 Å². The van der Waals surface area contributed by atoms with Gasteiger partial charge in [-0.3, -0.25) is 0 Å². The Hall–Kier alpha value is -2.01. The van der Waals surface area contributed by atoms with E-state index >= 15 is 0 Å². The van der Waals surface area contributed by atoms with E-state index in [2.05, 4.69) is 10.3 Å². The average Bonchev–Trinajstić information content (AvgIpc) is 3.18. The Kier molecular flexibility index (Phi) is 3.87. The number of nitrogens with one attached hydrogen (secondary N) is 1. The molecule has 1 aromatic carbocycles. The Labute approximate surface area is 117 Å². The molecule has 0 aliphatic carbocycles. The number of methoxy groups -OCH3 is 1. The average molecular weight is 274 g/mol. The second-order valence-electron chi connectivity index (χ2n) is 4.81. The Bertz CT molecular complexity index is 536. The van der Waals surface area contributed by atoms with Crippen LogP contribution in [0.4, 0.5) is 0 Å². The minimum Gasteiger partial charge on any atom is -0.493 e. The third-order valence-electron chi connectivity index (χ3n) is 3.54. The minimum atomic E-state index is -0.198. The monoisotopic (exact) mass is 274 g/mol. The van der Waals surface area contributed by atoms with Gasteiger partial charge in [0.25, 0.3) is 0 Å². The summed E-state index contributed by atoms with van der Waals surface area (Å²) in [6.07, 6.45) is 4.07. The number of oxazole rings is 1. The van der Waals surface area contributed by atoms with E-state index in [9.17, 15) is 0 Å². The molecule has 5 heteroatoms. The third kappa shape index (κ3) is 2.63. The number of ether oxygens (including phenoxy) is 2. The molecule has 0 amide bonds. The quantitative estimate of drug-likeness (QED) is 0.907. The maximum absolute atomic E-state index is 6.14. The molecule has 106 valence electrons. The van der Waals surface area contributed by atoms with Gasteiger partial charge in [0, 0.05) is 12.5 Å². The number of aromatic nitrogens is 1. The van der Waals surface area contributed by atoms with Crippen LogP contribution < -0.4 is 14.8 Å². The molecule has 5 nitrogen and oxygen atoms in total. The van der Waals surface area contributed by atoms with Crippen molar-refractivity contribution in [2.75, 3.05) is 20.2 Å². The fraction of sp³-hybridized carbons (Fsp3) is 0.400. The van der Waals surface area contributed by atoms with Gasteiger partial charge in [-0.1, -0.05) is 12.1 Å². The van der Waals surface area contributed by atoms with Crippen molar-refractivity contribution in [2.24, 2.45) is 5.92 Å². The van der Waals surface area contributed by atoms with E-state index in [0.29, 0.717) is 17.6 Å². The Balaban J connectivity index is 1.86. The zero-order chi connectivity index (χ0) is 13.8. The Morgan fingerprint density at radius 2 is 2.20 bits per heavy atom. The molecule has 3 rings (SSSR count). The van der Waals surface area contributed by atoms with E-state index in [-0.39, 0.29) is 6.10 Å². The highest BCUT2D eigenvalue weighted by molar-refractivity contribution is 5.39. The van der Waals surface area contributed by atoms with Crippen molar-refractivity contribution in [3.8, 4) is 11.5 Å².